The van der Waals surface area contributed by atoms with Crippen LogP contribution in [0.3, 0.4) is 0 Å². The molecule has 1 saturated heterocycles. The topological polar surface area (TPSA) is 21.3 Å². The van der Waals surface area contributed by atoms with Gasteiger partial charge in [0.1, 0.15) is 0 Å². The summed E-state index contributed by atoms with van der Waals surface area (Å²) < 4.78 is 6.09. The van der Waals surface area contributed by atoms with Crippen molar-refractivity contribution in [2.45, 2.75) is 63.9 Å². The predicted octanol–water partition coefficient (Wildman–Crippen LogP) is 3.36. The monoisotopic (exact) mass is 251 g/mol. The average molecular weight is 251 g/mol. The molecule has 3 atom stereocenters. The third-order valence-electron chi connectivity index (χ3n) is 5.78. The van der Waals surface area contributed by atoms with Crippen LogP contribution in [0.15, 0.2) is 0 Å². The van der Waals surface area contributed by atoms with E-state index in [9.17, 15) is 0 Å². The van der Waals surface area contributed by atoms with E-state index in [0.29, 0.717) is 5.60 Å². The largest absolute Gasteiger partial charge is 0.375 e. The highest BCUT2D eigenvalue weighted by atomic mass is 16.5. The second-order valence-corrected chi connectivity index (χ2v) is 6.80. The number of hydrogen-bond donors (Lipinski definition) is 1. The first kappa shape index (κ1) is 12.9. The van der Waals surface area contributed by atoms with Gasteiger partial charge in [-0.2, -0.15) is 0 Å². The van der Waals surface area contributed by atoms with E-state index < -0.39 is 0 Å². The van der Waals surface area contributed by atoms with Gasteiger partial charge in [0.2, 0.25) is 0 Å². The molecule has 0 aromatic carbocycles. The second-order valence-electron chi connectivity index (χ2n) is 6.80. The highest BCUT2D eigenvalue weighted by Gasteiger charge is 2.46. The molecule has 2 aliphatic carbocycles. The van der Waals surface area contributed by atoms with Crippen molar-refractivity contribution in [3.63, 3.8) is 0 Å². The van der Waals surface area contributed by atoms with Crippen LogP contribution in [-0.4, -0.2) is 25.3 Å². The molecule has 0 amide bonds. The van der Waals surface area contributed by atoms with E-state index in [0.717, 1.165) is 30.9 Å². The van der Waals surface area contributed by atoms with Gasteiger partial charge in [0.25, 0.3) is 0 Å². The first-order chi connectivity index (χ1) is 8.83. The van der Waals surface area contributed by atoms with E-state index in [4.69, 9.17) is 4.74 Å². The lowest BCUT2D eigenvalue weighted by Crippen LogP contribution is -2.47. The number of ether oxygens (including phenoxy) is 1. The summed E-state index contributed by atoms with van der Waals surface area (Å²) in [6.07, 6.45) is 11.2. The zero-order valence-corrected chi connectivity index (χ0v) is 11.9. The maximum absolute atomic E-state index is 6.09. The van der Waals surface area contributed by atoms with Gasteiger partial charge >= 0.3 is 0 Å². The van der Waals surface area contributed by atoms with Gasteiger partial charge in [0, 0.05) is 6.61 Å². The molecule has 18 heavy (non-hydrogen) atoms. The summed E-state index contributed by atoms with van der Waals surface area (Å²) in [5.41, 5.74) is 0.342. The molecule has 0 aromatic heterocycles. The van der Waals surface area contributed by atoms with Gasteiger partial charge in [-0.25, -0.2) is 0 Å². The van der Waals surface area contributed by atoms with E-state index in [1.54, 1.807) is 0 Å². The first-order valence-electron chi connectivity index (χ1n) is 8.18. The fourth-order valence-electron chi connectivity index (χ4n) is 4.62. The summed E-state index contributed by atoms with van der Waals surface area (Å²) in [4.78, 5) is 0. The number of rotatable bonds is 4. The molecule has 104 valence electrons. The lowest BCUT2D eigenvalue weighted by Gasteiger charge is -2.49. The van der Waals surface area contributed by atoms with E-state index in [1.165, 1.54) is 57.9 Å². The Labute approximate surface area is 112 Å². The fourth-order valence-corrected chi connectivity index (χ4v) is 4.62. The van der Waals surface area contributed by atoms with Crippen molar-refractivity contribution in [3.05, 3.63) is 0 Å². The summed E-state index contributed by atoms with van der Waals surface area (Å²) >= 11 is 0. The first-order valence-corrected chi connectivity index (χ1v) is 8.18. The minimum absolute atomic E-state index is 0.342. The molecule has 0 bridgehead atoms. The molecule has 3 unspecified atom stereocenters. The fraction of sp³-hybridized carbons (Fsp3) is 1.00. The van der Waals surface area contributed by atoms with Gasteiger partial charge in [0.15, 0.2) is 0 Å². The predicted molar refractivity (Wildman–Crippen MR) is 74.6 cm³/mol. The summed E-state index contributed by atoms with van der Waals surface area (Å²) in [6.45, 7) is 5.64. The van der Waals surface area contributed by atoms with Gasteiger partial charge in [-0.15, -0.1) is 0 Å². The normalized spacial score (nSPS) is 38.8. The SMILES string of the molecule is CCNCC1CCCC1C1CCOC2(CCC2)C1. The van der Waals surface area contributed by atoms with E-state index in [-0.39, 0.29) is 0 Å². The van der Waals surface area contributed by atoms with Crippen LogP contribution in [0.5, 0.6) is 0 Å². The highest BCUT2D eigenvalue weighted by molar-refractivity contribution is 4.97. The Balaban J connectivity index is 1.58. The Morgan fingerprint density at radius 3 is 2.78 bits per heavy atom. The Morgan fingerprint density at radius 1 is 1.17 bits per heavy atom. The van der Waals surface area contributed by atoms with Crippen molar-refractivity contribution < 1.29 is 4.74 Å². The van der Waals surface area contributed by atoms with Gasteiger partial charge in [-0.3, -0.25) is 0 Å². The molecule has 2 nitrogen and oxygen atoms in total. The molecule has 0 aromatic rings. The molecular formula is C16H29NO. The Hall–Kier alpha value is -0.0800. The summed E-state index contributed by atoms with van der Waals surface area (Å²) in [5.74, 6) is 2.90. The van der Waals surface area contributed by atoms with Crippen LogP contribution < -0.4 is 5.32 Å². The van der Waals surface area contributed by atoms with Crippen LogP contribution >= 0.6 is 0 Å². The van der Waals surface area contributed by atoms with Crippen molar-refractivity contribution in [2.24, 2.45) is 17.8 Å². The van der Waals surface area contributed by atoms with Crippen LogP contribution in [0.25, 0.3) is 0 Å². The molecule has 3 aliphatic rings. The van der Waals surface area contributed by atoms with Crippen molar-refractivity contribution >= 4 is 0 Å². The molecule has 1 spiro atoms. The van der Waals surface area contributed by atoms with Crippen LogP contribution in [0.2, 0.25) is 0 Å². The minimum Gasteiger partial charge on any atom is -0.375 e. The van der Waals surface area contributed by atoms with E-state index in [1.807, 2.05) is 0 Å². The number of nitrogens with one attached hydrogen (secondary N) is 1. The maximum Gasteiger partial charge on any atom is 0.0685 e. The summed E-state index contributed by atoms with van der Waals surface area (Å²) in [5, 5.41) is 3.58. The highest BCUT2D eigenvalue weighted by Crippen LogP contribution is 2.49. The Morgan fingerprint density at radius 2 is 2.06 bits per heavy atom. The second kappa shape index (κ2) is 5.50. The zero-order valence-electron chi connectivity index (χ0n) is 11.9. The van der Waals surface area contributed by atoms with E-state index >= 15 is 0 Å². The third-order valence-corrected chi connectivity index (χ3v) is 5.78. The molecular weight excluding hydrogens is 222 g/mol. The molecule has 2 heteroatoms. The van der Waals surface area contributed by atoms with E-state index in [2.05, 4.69) is 12.2 Å². The van der Waals surface area contributed by atoms with Crippen LogP contribution in [0.1, 0.15) is 58.3 Å². The van der Waals surface area contributed by atoms with Crippen LogP contribution in [0, 0.1) is 17.8 Å². The van der Waals surface area contributed by atoms with Crippen LogP contribution in [0.4, 0.5) is 0 Å². The van der Waals surface area contributed by atoms with Crippen molar-refractivity contribution in [2.75, 3.05) is 19.7 Å². The van der Waals surface area contributed by atoms with Crippen LogP contribution in [-0.2, 0) is 4.74 Å². The smallest absolute Gasteiger partial charge is 0.0685 e. The summed E-state index contributed by atoms with van der Waals surface area (Å²) in [6, 6.07) is 0. The molecule has 1 aliphatic heterocycles. The molecule has 1 N–H and O–H groups in total. The molecule has 0 radical (unpaired) electrons. The molecule has 3 fully saturated rings. The summed E-state index contributed by atoms with van der Waals surface area (Å²) in [7, 11) is 0. The molecule has 2 saturated carbocycles. The molecule has 3 rings (SSSR count). The maximum atomic E-state index is 6.09. The minimum atomic E-state index is 0.342. The average Bonchev–Trinajstić information content (AvgIpc) is 2.83. The lowest BCUT2D eigenvalue weighted by molar-refractivity contribution is -0.151. The quantitative estimate of drug-likeness (QED) is 0.827. The van der Waals surface area contributed by atoms with Crippen molar-refractivity contribution in [1.29, 1.82) is 0 Å². The van der Waals surface area contributed by atoms with Gasteiger partial charge < -0.3 is 10.1 Å². The van der Waals surface area contributed by atoms with Gasteiger partial charge in [-0.1, -0.05) is 13.3 Å². The molecule has 1 heterocycles. The lowest BCUT2D eigenvalue weighted by atomic mass is 9.67. The standard InChI is InChI=1S/C16H29NO/c1-2-17-12-14-5-3-6-15(14)13-7-10-18-16(11-13)8-4-9-16/h13-15,17H,2-12H2,1H3. The Bertz CT molecular complexity index is 274. The van der Waals surface area contributed by atoms with Gasteiger partial charge in [-0.05, 0) is 75.8 Å². The Kier molecular flexibility index (Phi) is 3.95. The third kappa shape index (κ3) is 2.46. The van der Waals surface area contributed by atoms with Crippen molar-refractivity contribution in [3.8, 4) is 0 Å². The zero-order chi connectivity index (χ0) is 12.4. The van der Waals surface area contributed by atoms with Gasteiger partial charge in [0.05, 0.1) is 5.60 Å². The number of hydrogen-bond acceptors (Lipinski definition) is 2. The van der Waals surface area contributed by atoms with Crippen molar-refractivity contribution in [1.82, 2.24) is 5.32 Å².